The topological polar surface area (TPSA) is 75.2 Å². The third kappa shape index (κ3) is 4.07. The van der Waals surface area contributed by atoms with Crippen LogP contribution in [0, 0.1) is 5.92 Å². The highest BCUT2D eigenvalue weighted by Crippen LogP contribution is 2.22. The van der Waals surface area contributed by atoms with Gasteiger partial charge in [0.05, 0.1) is 5.52 Å². The Balaban J connectivity index is 0.00000208. The van der Waals surface area contributed by atoms with Crippen LogP contribution in [0.25, 0.3) is 10.9 Å². The second-order valence-electron chi connectivity index (χ2n) is 5.90. The summed E-state index contributed by atoms with van der Waals surface area (Å²) in [7, 11) is 1.62. The molecule has 0 radical (unpaired) electrons. The first kappa shape index (κ1) is 18.3. The van der Waals surface area contributed by atoms with E-state index < -0.39 is 0 Å². The number of rotatable bonds is 4. The summed E-state index contributed by atoms with van der Waals surface area (Å²) < 4.78 is 1.88. The van der Waals surface area contributed by atoms with E-state index in [9.17, 15) is 9.59 Å². The lowest BCUT2D eigenvalue weighted by Gasteiger charge is -2.21. The van der Waals surface area contributed by atoms with Crippen molar-refractivity contribution in [1.82, 2.24) is 15.2 Å². The van der Waals surface area contributed by atoms with Gasteiger partial charge in [0.25, 0.3) is 0 Å². The van der Waals surface area contributed by atoms with Crippen LogP contribution < -0.4 is 16.0 Å². The Morgan fingerprint density at radius 3 is 2.71 bits per heavy atom. The summed E-state index contributed by atoms with van der Waals surface area (Å²) in [4.78, 5) is 23.9. The number of likely N-dealkylation sites (N-methyl/N-ethyl adjacent to an activating group) is 1. The van der Waals surface area contributed by atoms with Crippen LogP contribution in [0.5, 0.6) is 0 Å². The molecule has 24 heavy (non-hydrogen) atoms. The number of fused-ring (bicyclic) bond motifs is 1. The minimum absolute atomic E-state index is 0. The Labute approximate surface area is 147 Å². The molecule has 2 aromatic rings. The SMILES string of the molecule is CNC(=O)Cn1ccc2ccc(NC(=O)C3CCNCC3)cc21.Cl. The van der Waals surface area contributed by atoms with Crippen molar-refractivity contribution in [3.8, 4) is 0 Å². The van der Waals surface area contributed by atoms with Crippen LogP contribution >= 0.6 is 12.4 Å². The predicted molar refractivity (Wildman–Crippen MR) is 97.5 cm³/mol. The molecule has 6 nitrogen and oxygen atoms in total. The monoisotopic (exact) mass is 350 g/mol. The summed E-state index contributed by atoms with van der Waals surface area (Å²) in [5.41, 5.74) is 1.72. The normalized spacial score (nSPS) is 14.9. The van der Waals surface area contributed by atoms with Crippen LogP contribution in [0.15, 0.2) is 30.5 Å². The molecule has 2 amide bonds. The number of hydrogen-bond donors (Lipinski definition) is 3. The lowest BCUT2D eigenvalue weighted by molar-refractivity contribution is -0.121. The van der Waals surface area contributed by atoms with E-state index in [1.165, 1.54) is 0 Å². The molecule has 0 saturated carbocycles. The molecule has 0 bridgehead atoms. The van der Waals surface area contributed by atoms with Crippen LogP contribution in [0.1, 0.15) is 12.8 Å². The zero-order valence-electron chi connectivity index (χ0n) is 13.7. The zero-order chi connectivity index (χ0) is 16.2. The third-order valence-corrected chi connectivity index (χ3v) is 4.34. The number of carbonyl (C=O) groups excluding carboxylic acids is 2. The second-order valence-corrected chi connectivity index (χ2v) is 5.90. The van der Waals surface area contributed by atoms with Crippen LogP contribution in [0.2, 0.25) is 0 Å². The largest absolute Gasteiger partial charge is 0.358 e. The first-order chi connectivity index (χ1) is 11.2. The number of anilines is 1. The molecule has 1 aliphatic rings. The van der Waals surface area contributed by atoms with Gasteiger partial charge in [0, 0.05) is 24.8 Å². The smallest absolute Gasteiger partial charge is 0.239 e. The molecule has 0 aliphatic carbocycles. The molecule has 1 aromatic carbocycles. The standard InChI is InChI=1S/C17H22N4O2.ClH/c1-18-16(22)11-21-9-6-12-2-3-14(10-15(12)21)20-17(23)13-4-7-19-8-5-13;/h2-3,6,9-10,13,19H,4-5,7-8,11H2,1H3,(H,18,22)(H,20,23);1H. The molecule has 0 unspecified atom stereocenters. The number of piperidine rings is 1. The van der Waals surface area contributed by atoms with E-state index in [0.29, 0.717) is 0 Å². The summed E-state index contributed by atoms with van der Waals surface area (Å²) in [6, 6.07) is 7.77. The van der Waals surface area contributed by atoms with E-state index >= 15 is 0 Å². The molecular weight excluding hydrogens is 328 g/mol. The van der Waals surface area contributed by atoms with Crippen molar-refractivity contribution in [2.45, 2.75) is 19.4 Å². The Morgan fingerprint density at radius 2 is 2.00 bits per heavy atom. The van der Waals surface area contributed by atoms with Gasteiger partial charge in [0.2, 0.25) is 11.8 Å². The van der Waals surface area contributed by atoms with Gasteiger partial charge in [-0.05, 0) is 49.5 Å². The van der Waals surface area contributed by atoms with E-state index in [2.05, 4.69) is 16.0 Å². The first-order valence-corrected chi connectivity index (χ1v) is 7.98. The van der Waals surface area contributed by atoms with Gasteiger partial charge in [0.15, 0.2) is 0 Å². The van der Waals surface area contributed by atoms with Crippen molar-refractivity contribution < 1.29 is 9.59 Å². The summed E-state index contributed by atoms with van der Waals surface area (Å²) in [5.74, 6) is 0.103. The van der Waals surface area contributed by atoms with E-state index in [1.54, 1.807) is 7.05 Å². The molecule has 3 rings (SSSR count). The van der Waals surface area contributed by atoms with E-state index in [4.69, 9.17) is 0 Å². The minimum Gasteiger partial charge on any atom is -0.358 e. The molecule has 1 aliphatic heterocycles. The van der Waals surface area contributed by atoms with Gasteiger partial charge in [-0.1, -0.05) is 6.07 Å². The number of benzene rings is 1. The zero-order valence-corrected chi connectivity index (χ0v) is 14.5. The summed E-state index contributed by atoms with van der Waals surface area (Å²) in [5, 5.41) is 9.94. The van der Waals surface area contributed by atoms with Crippen molar-refractivity contribution in [1.29, 1.82) is 0 Å². The summed E-state index contributed by atoms with van der Waals surface area (Å²) in [6.45, 7) is 2.06. The van der Waals surface area contributed by atoms with Crippen LogP contribution in [0.4, 0.5) is 5.69 Å². The average Bonchev–Trinajstić information content (AvgIpc) is 2.98. The number of halogens is 1. The average molecular weight is 351 g/mol. The van der Waals surface area contributed by atoms with Crippen LogP contribution in [-0.4, -0.2) is 36.5 Å². The van der Waals surface area contributed by atoms with E-state index in [1.807, 2.05) is 35.0 Å². The Bertz CT molecular complexity index is 722. The van der Waals surface area contributed by atoms with Crippen molar-refractivity contribution in [3.63, 3.8) is 0 Å². The molecule has 1 saturated heterocycles. The lowest BCUT2D eigenvalue weighted by Crippen LogP contribution is -2.34. The molecule has 3 N–H and O–H groups in total. The fraction of sp³-hybridized carbons (Fsp3) is 0.412. The van der Waals surface area contributed by atoms with Crippen LogP contribution in [-0.2, 0) is 16.1 Å². The van der Waals surface area contributed by atoms with Gasteiger partial charge < -0.3 is 20.5 Å². The number of aromatic nitrogens is 1. The number of hydrogen-bond acceptors (Lipinski definition) is 3. The number of carbonyl (C=O) groups is 2. The van der Waals surface area contributed by atoms with Crippen molar-refractivity contribution in [2.24, 2.45) is 5.92 Å². The van der Waals surface area contributed by atoms with Crippen LogP contribution in [0.3, 0.4) is 0 Å². The molecule has 0 spiro atoms. The number of amides is 2. The fourth-order valence-electron chi connectivity index (χ4n) is 2.96. The summed E-state index contributed by atoms with van der Waals surface area (Å²) >= 11 is 0. The molecule has 130 valence electrons. The van der Waals surface area contributed by atoms with E-state index in [0.717, 1.165) is 42.5 Å². The Kier molecular flexibility index (Phi) is 6.23. The van der Waals surface area contributed by atoms with Gasteiger partial charge >= 0.3 is 0 Å². The second kappa shape index (κ2) is 8.17. The van der Waals surface area contributed by atoms with Crippen molar-refractivity contribution >= 4 is 40.8 Å². The lowest BCUT2D eigenvalue weighted by atomic mass is 9.97. The maximum atomic E-state index is 12.3. The molecule has 0 atom stereocenters. The maximum absolute atomic E-state index is 12.3. The van der Waals surface area contributed by atoms with Gasteiger partial charge in [-0.15, -0.1) is 12.4 Å². The summed E-state index contributed by atoms with van der Waals surface area (Å²) in [6.07, 6.45) is 3.64. The highest BCUT2D eigenvalue weighted by atomic mass is 35.5. The first-order valence-electron chi connectivity index (χ1n) is 7.98. The minimum atomic E-state index is -0.0494. The van der Waals surface area contributed by atoms with E-state index in [-0.39, 0.29) is 36.7 Å². The quantitative estimate of drug-likeness (QED) is 0.786. The highest BCUT2D eigenvalue weighted by Gasteiger charge is 2.21. The van der Waals surface area contributed by atoms with Gasteiger partial charge in [-0.25, -0.2) is 0 Å². The van der Waals surface area contributed by atoms with Crippen molar-refractivity contribution in [3.05, 3.63) is 30.5 Å². The molecule has 2 heterocycles. The van der Waals surface area contributed by atoms with Gasteiger partial charge in [0.1, 0.15) is 6.54 Å². The number of nitrogens with one attached hydrogen (secondary N) is 3. The molecule has 7 heteroatoms. The third-order valence-electron chi connectivity index (χ3n) is 4.34. The van der Waals surface area contributed by atoms with Gasteiger partial charge in [-0.2, -0.15) is 0 Å². The Morgan fingerprint density at radius 1 is 1.25 bits per heavy atom. The molecule has 1 fully saturated rings. The highest BCUT2D eigenvalue weighted by molar-refractivity contribution is 5.95. The molecular formula is C17H23ClN4O2. The predicted octanol–water partition coefficient (Wildman–Crippen LogP) is 1.75. The van der Waals surface area contributed by atoms with Gasteiger partial charge in [-0.3, -0.25) is 9.59 Å². The number of nitrogens with zero attached hydrogens (tertiary/aromatic N) is 1. The fourth-order valence-corrected chi connectivity index (χ4v) is 2.96. The molecule has 1 aromatic heterocycles. The Hall–Kier alpha value is -2.05. The van der Waals surface area contributed by atoms with Crippen molar-refractivity contribution in [2.75, 3.05) is 25.5 Å². The maximum Gasteiger partial charge on any atom is 0.239 e.